The summed E-state index contributed by atoms with van der Waals surface area (Å²) >= 11 is 0. The summed E-state index contributed by atoms with van der Waals surface area (Å²) in [5, 5.41) is 17.0. The lowest BCUT2D eigenvalue weighted by Gasteiger charge is -2.25. The second-order valence-electron chi connectivity index (χ2n) is 5.57. The van der Waals surface area contributed by atoms with Gasteiger partial charge in [0, 0.05) is 5.56 Å². The molecule has 0 bridgehead atoms. The smallest absolute Gasteiger partial charge is 0.478 e. The number of nitrogens with two attached hydrogens (primary N) is 1. The molecule has 1 unspecified atom stereocenters. The van der Waals surface area contributed by atoms with E-state index in [0.29, 0.717) is 23.4 Å². The maximum atomic E-state index is 11.6. The van der Waals surface area contributed by atoms with Gasteiger partial charge in [0.25, 0.3) is 5.91 Å². The second-order valence-corrected chi connectivity index (χ2v) is 5.57. The van der Waals surface area contributed by atoms with Gasteiger partial charge in [-0.05, 0) is 24.6 Å². The van der Waals surface area contributed by atoms with Crippen LogP contribution in [-0.4, -0.2) is 52.4 Å². The Morgan fingerprint density at radius 3 is 1.87 bits per heavy atom. The number of ether oxygens (including phenoxy) is 1. The van der Waals surface area contributed by atoms with E-state index in [-0.39, 0.29) is 5.91 Å². The number of alkyl halides is 6. The average Bonchev–Trinajstić information content (AvgIpc) is 2.61. The summed E-state index contributed by atoms with van der Waals surface area (Å²) < 4.78 is 69.0. The summed E-state index contributed by atoms with van der Waals surface area (Å²) in [6, 6.07) is 4.74. The van der Waals surface area contributed by atoms with Crippen molar-refractivity contribution in [2.45, 2.75) is 38.2 Å². The Morgan fingerprint density at radius 1 is 1.06 bits per heavy atom. The van der Waals surface area contributed by atoms with E-state index < -0.39 is 36.3 Å². The van der Waals surface area contributed by atoms with Crippen molar-refractivity contribution in [2.75, 3.05) is 5.32 Å². The van der Waals surface area contributed by atoms with Crippen LogP contribution in [0.5, 0.6) is 5.75 Å². The first-order valence-corrected chi connectivity index (χ1v) is 8.02. The number of nitrogens with one attached hydrogen (secondary N) is 1. The summed E-state index contributed by atoms with van der Waals surface area (Å²) in [6.45, 7) is 1.98. The Balaban J connectivity index is 0.000000536. The van der Waals surface area contributed by atoms with Crippen LogP contribution in [0.2, 0.25) is 0 Å². The molecular formula is C16H16F6N2O7. The van der Waals surface area contributed by atoms with E-state index in [1.54, 1.807) is 18.2 Å². The van der Waals surface area contributed by atoms with E-state index in [4.69, 9.17) is 30.3 Å². The lowest BCUT2D eigenvalue weighted by Crippen LogP contribution is -2.36. The van der Waals surface area contributed by atoms with Gasteiger partial charge < -0.3 is 26.0 Å². The first-order chi connectivity index (χ1) is 14.0. The molecule has 1 heterocycles. The van der Waals surface area contributed by atoms with Crippen LogP contribution in [0.4, 0.5) is 32.0 Å². The van der Waals surface area contributed by atoms with E-state index in [1.165, 1.54) is 0 Å². The van der Waals surface area contributed by atoms with Crippen LogP contribution in [0, 0.1) is 0 Å². The SMILES string of the molecule is CCCC1Oc2cc(C(N)=O)ccc2NC1=O.O=C(O)C(F)(F)F.O=C(O)C(F)(F)F. The minimum absolute atomic E-state index is 0.147. The summed E-state index contributed by atoms with van der Waals surface area (Å²) in [6.07, 6.45) is -9.16. The maximum absolute atomic E-state index is 11.6. The summed E-state index contributed by atoms with van der Waals surface area (Å²) in [7, 11) is 0. The Hall–Kier alpha value is -3.52. The average molecular weight is 462 g/mol. The van der Waals surface area contributed by atoms with Crippen molar-refractivity contribution in [1.82, 2.24) is 0 Å². The van der Waals surface area contributed by atoms with Gasteiger partial charge in [0.1, 0.15) is 5.75 Å². The molecule has 1 aliphatic heterocycles. The second kappa shape index (κ2) is 11.0. The molecule has 0 aliphatic carbocycles. The number of anilines is 1. The van der Waals surface area contributed by atoms with E-state index in [0.717, 1.165) is 6.42 Å². The number of rotatable bonds is 3. The van der Waals surface area contributed by atoms with Crippen molar-refractivity contribution in [3.8, 4) is 5.75 Å². The van der Waals surface area contributed by atoms with Crippen molar-refractivity contribution in [3.63, 3.8) is 0 Å². The molecular weight excluding hydrogens is 446 g/mol. The van der Waals surface area contributed by atoms with E-state index in [9.17, 15) is 35.9 Å². The summed E-state index contributed by atoms with van der Waals surface area (Å²) in [4.78, 5) is 40.5. The molecule has 0 saturated heterocycles. The molecule has 9 nitrogen and oxygen atoms in total. The number of carboxylic acid groups (broad SMARTS) is 2. The number of primary amides is 1. The number of halogens is 6. The molecule has 0 aromatic heterocycles. The fraction of sp³-hybridized carbons (Fsp3) is 0.375. The molecule has 174 valence electrons. The molecule has 1 atom stereocenters. The fourth-order valence-corrected chi connectivity index (χ4v) is 1.75. The quantitative estimate of drug-likeness (QED) is 0.503. The van der Waals surface area contributed by atoms with Crippen molar-refractivity contribution in [2.24, 2.45) is 5.73 Å². The minimum atomic E-state index is -5.08. The van der Waals surface area contributed by atoms with Gasteiger partial charge in [-0.1, -0.05) is 13.3 Å². The highest BCUT2D eigenvalue weighted by atomic mass is 19.4. The zero-order chi connectivity index (χ0) is 24.6. The van der Waals surface area contributed by atoms with Crippen LogP contribution in [-0.2, 0) is 14.4 Å². The molecule has 2 rings (SSSR count). The molecule has 0 spiro atoms. The van der Waals surface area contributed by atoms with Crippen LogP contribution >= 0.6 is 0 Å². The monoisotopic (exact) mass is 462 g/mol. The number of carboxylic acids is 2. The predicted molar refractivity (Wildman–Crippen MR) is 90.3 cm³/mol. The minimum Gasteiger partial charge on any atom is -0.478 e. The molecule has 15 heteroatoms. The standard InChI is InChI=1S/C12H14N2O3.2C2HF3O2/c1-2-3-9-12(16)14-8-5-4-7(11(13)15)6-10(8)17-9;2*3-2(4,5)1(6)7/h4-6,9H,2-3H2,1H3,(H2,13,15)(H,14,16);2*(H,6,7). The molecule has 0 saturated carbocycles. The van der Waals surface area contributed by atoms with Gasteiger partial charge in [0.15, 0.2) is 6.10 Å². The zero-order valence-corrected chi connectivity index (χ0v) is 15.5. The maximum Gasteiger partial charge on any atom is 0.490 e. The topological polar surface area (TPSA) is 156 Å². The van der Waals surface area contributed by atoms with Crippen molar-refractivity contribution in [3.05, 3.63) is 23.8 Å². The normalized spacial score (nSPS) is 14.9. The number of aliphatic carboxylic acids is 2. The first-order valence-electron chi connectivity index (χ1n) is 8.02. The third-order valence-corrected chi connectivity index (χ3v) is 3.12. The van der Waals surface area contributed by atoms with E-state index >= 15 is 0 Å². The molecule has 2 amide bonds. The summed E-state index contributed by atoms with van der Waals surface area (Å²) in [5.74, 6) is -5.68. The molecule has 1 aromatic carbocycles. The molecule has 0 radical (unpaired) electrons. The van der Waals surface area contributed by atoms with E-state index in [1.807, 2.05) is 6.92 Å². The first kappa shape index (κ1) is 27.5. The Morgan fingerprint density at radius 2 is 1.52 bits per heavy atom. The molecule has 1 aliphatic rings. The van der Waals surface area contributed by atoms with Crippen molar-refractivity contribution < 1.29 is 60.5 Å². The number of amides is 2. The largest absolute Gasteiger partial charge is 0.490 e. The molecule has 5 N–H and O–H groups in total. The van der Waals surface area contributed by atoms with Gasteiger partial charge in [0.05, 0.1) is 5.69 Å². The third-order valence-electron chi connectivity index (χ3n) is 3.12. The number of benzene rings is 1. The molecule has 1 aromatic rings. The predicted octanol–water partition coefficient (Wildman–Crippen LogP) is 2.55. The van der Waals surface area contributed by atoms with E-state index in [2.05, 4.69) is 5.32 Å². The molecule has 31 heavy (non-hydrogen) atoms. The highest BCUT2D eigenvalue weighted by molar-refractivity contribution is 5.99. The number of hydrogen-bond acceptors (Lipinski definition) is 5. The van der Waals surface area contributed by atoms with Crippen molar-refractivity contribution >= 4 is 29.4 Å². The summed E-state index contributed by atoms with van der Waals surface area (Å²) in [5.41, 5.74) is 6.13. The van der Waals surface area contributed by atoms with Gasteiger partial charge in [-0.2, -0.15) is 26.3 Å². The van der Waals surface area contributed by atoms with Gasteiger partial charge in [0.2, 0.25) is 5.91 Å². The van der Waals surface area contributed by atoms with Gasteiger partial charge in [-0.3, -0.25) is 9.59 Å². The Bertz CT molecular complexity index is 800. The van der Waals surface area contributed by atoms with Crippen LogP contribution in [0.3, 0.4) is 0 Å². The molecule has 0 fully saturated rings. The Kier molecular flexibility index (Phi) is 9.78. The van der Waals surface area contributed by atoms with Crippen molar-refractivity contribution in [1.29, 1.82) is 0 Å². The fourth-order valence-electron chi connectivity index (χ4n) is 1.75. The highest BCUT2D eigenvalue weighted by Crippen LogP contribution is 2.31. The third kappa shape index (κ3) is 9.68. The van der Waals surface area contributed by atoms with Crippen LogP contribution in [0.1, 0.15) is 30.1 Å². The van der Waals surface area contributed by atoms with Gasteiger partial charge >= 0.3 is 24.3 Å². The number of carbonyl (C=O) groups is 4. The van der Waals surface area contributed by atoms with Crippen LogP contribution in [0.15, 0.2) is 18.2 Å². The number of carbonyl (C=O) groups excluding carboxylic acids is 2. The highest BCUT2D eigenvalue weighted by Gasteiger charge is 2.38. The Labute approximate surface area is 169 Å². The van der Waals surface area contributed by atoms with Crippen LogP contribution in [0.25, 0.3) is 0 Å². The number of fused-ring (bicyclic) bond motifs is 1. The van der Waals surface area contributed by atoms with Gasteiger partial charge in [-0.25, -0.2) is 9.59 Å². The van der Waals surface area contributed by atoms with Crippen LogP contribution < -0.4 is 15.8 Å². The zero-order valence-electron chi connectivity index (χ0n) is 15.5. The number of hydrogen-bond donors (Lipinski definition) is 4. The lowest BCUT2D eigenvalue weighted by atomic mass is 10.1. The lowest BCUT2D eigenvalue weighted by molar-refractivity contribution is -0.193. The van der Waals surface area contributed by atoms with Gasteiger partial charge in [-0.15, -0.1) is 0 Å².